The zero-order chi connectivity index (χ0) is 7.99. The van der Waals surface area contributed by atoms with E-state index in [2.05, 4.69) is 0 Å². The van der Waals surface area contributed by atoms with Crippen LogP contribution in [0.4, 0.5) is 0 Å². The first kappa shape index (κ1) is 7.54. The highest BCUT2D eigenvalue weighted by Gasteiger charge is 2.65. The summed E-state index contributed by atoms with van der Waals surface area (Å²) < 4.78 is 0. The van der Waals surface area contributed by atoms with Crippen LogP contribution in [0.5, 0.6) is 0 Å². The van der Waals surface area contributed by atoms with Gasteiger partial charge in [-0.1, -0.05) is 6.92 Å². The zero-order valence-electron chi connectivity index (χ0n) is 6.35. The van der Waals surface area contributed by atoms with E-state index in [0.717, 1.165) is 0 Å². The highest BCUT2D eigenvalue weighted by Crippen LogP contribution is 2.62. The van der Waals surface area contributed by atoms with Crippen LogP contribution >= 0.6 is 0 Å². The van der Waals surface area contributed by atoms with Crippen LogP contribution in [0, 0.1) is 10.8 Å². The Morgan fingerprint density at radius 2 is 2.20 bits per heavy atom. The topological polar surface area (TPSA) is 63.3 Å². The normalized spacial score (nSPS) is 45.1. The fraction of sp³-hybridized carbons (Fsp3) is 0.857. The molecule has 1 aliphatic rings. The third-order valence-electron chi connectivity index (χ3n) is 2.87. The van der Waals surface area contributed by atoms with E-state index in [1.807, 2.05) is 6.92 Å². The summed E-state index contributed by atoms with van der Waals surface area (Å²) in [6.45, 7) is 4.14. The summed E-state index contributed by atoms with van der Waals surface area (Å²) in [6.07, 6.45) is 0.714. The molecule has 0 aliphatic heterocycles. The zero-order valence-corrected chi connectivity index (χ0v) is 6.35. The van der Waals surface area contributed by atoms with Gasteiger partial charge in [0.2, 0.25) is 0 Å². The van der Waals surface area contributed by atoms with Gasteiger partial charge in [-0.3, -0.25) is 4.79 Å². The Balaban J connectivity index is 2.72. The van der Waals surface area contributed by atoms with Gasteiger partial charge in [0.15, 0.2) is 0 Å². The Morgan fingerprint density at radius 1 is 1.70 bits per heavy atom. The summed E-state index contributed by atoms with van der Waals surface area (Å²) in [5, 5.41) is 8.72. The first-order valence-corrected chi connectivity index (χ1v) is 3.40. The van der Waals surface area contributed by atoms with Gasteiger partial charge in [0, 0.05) is 0 Å². The fourth-order valence-corrected chi connectivity index (χ4v) is 1.37. The first-order chi connectivity index (χ1) is 4.46. The number of carboxylic acid groups (broad SMARTS) is 1. The van der Waals surface area contributed by atoms with Gasteiger partial charge in [-0.25, -0.2) is 0 Å². The lowest BCUT2D eigenvalue weighted by atomic mass is 9.97. The van der Waals surface area contributed by atoms with Crippen LogP contribution in [0.15, 0.2) is 0 Å². The number of rotatable bonds is 2. The summed E-state index contributed by atoms with van der Waals surface area (Å²) in [5.41, 5.74) is 4.71. The maximum Gasteiger partial charge on any atom is 0.309 e. The van der Waals surface area contributed by atoms with Crippen LogP contribution < -0.4 is 5.73 Å². The number of carbonyl (C=O) groups is 1. The van der Waals surface area contributed by atoms with Crippen molar-refractivity contribution in [1.29, 1.82) is 0 Å². The molecule has 0 unspecified atom stereocenters. The van der Waals surface area contributed by atoms with Crippen molar-refractivity contribution in [1.82, 2.24) is 0 Å². The average molecular weight is 143 g/mol. The van der Waals surface area contributed by atoms with Crippen LogP contribution in [-0.2, 0) is 4.79 Å². The van der Waals surface area contributed by atoms with Gasteiger partial charge in [-0.05, 0) is 25.3 Å². The number of hydrogen-bond acceptors (Lipinski definition) is 2. The number of hydrogen-bond donors (Lipinski definition) is 2. The lowest BCUT2D eigenvalue weighted by Crippen LogP contribution is -2.24. The largest absolute Gasteiger partial charge is 0.481 e. The molecule has 3 heteroatoms. The molecular weight excluding hydrogens is 130 g/mol. The molecule has 3 N–H and O–H groups in total. The van der Waals surface area contributed by atoms with Crippen molar-refractivity contribution in [3.8, 4) is 0 Å². The van der Waals surface area contributed by atoms with Gasteiger partial charge in [0.05, 0.1) is 5.41 Å². The molecule has 1 aliphatic carbocycles. The van der Waals surface area contributed by atoms with E-state index in [9.17, 15) is 4.79 Å². The maximum absolute atomic E-state index is 10.6. The molecule has 3 nitrogen and oxygen atoms in total. The van der Waals surface area contributed by atoms with E-state index >= 15 is 0 Å². The van der Waals surface area contributed by atoms with Gasteiger partial charge in [-0.2, -0.15) is 0 Å². The summed E-state index contributed by atoms with van der Waals surface area (Å²) in [7, 11) is 0. The van der Waals surface area contributed by atoms with E-state index in [0.29, 0.717) is 13.0 Å². The second kappa shape index (κ2) is 1.72. The Labute approximate surface area is 60.2 Å². The Kier molecular flexibility index (Phi) is 1.30. The quantitative estimate of drug-likeness (QED) is 0.589. The highest BCUT2D eigenvalue weighted by molar-refractivity contribution is 5.79. The fourth-order valence-electron chi connectivity index (χ4n) is 1.37. The summed E-state index contributed by atoms with van der Waals surface area (Å²) >= 11 is 0. The van der Waals surface area contributed by atoms with Crippen LogP contribution in [0.1, 0.15) is 20.3 Å². The monoisotopic (exact) mass is 143 g/mol. The van der Waals surface area contributed by atoms with Crippen LogP contribution in [0.3, 0.4) is 0 Å². The number of aliphatic carboxylic acids is 1. The Bertz CT molecular complexity index is 180. The van der Waals surface area contributed by atoms with Crippen molar-refractivity contribution < 1.29 is 9.90 Å². The molecule has 0 saturated heterocycles. The molecule has 1 saturated carbocycles. The van der Waals surface area contributed by atoms with E-state index < -0.39 is 11.4 Å². The van der Waals surface area contributed by atoms with E-state index in [1.54, 1.807) is 6.92 Å². The van der Waals surface area contributed by atoms with Crippen molar-refractivity contribution in [2.75, 3.05) is 6.54 Å². The number of carboxylic acids is 1. The molecule has 1 fully saturated rings. The molecule has 0 aromatic heterocycles. The molecule has 0 radical (unpaired) electrons. The predicted molar refractivity (Wildman–Crippen MR) is 37.5 cm³/mol. The standard InChI is InChI=1S/C7H13NO2/c1-6(4-8)3-7(6,2)5(9)10/h3-4,8H2,1-2H3,(H,9,10)/t6-,7+/m0/s1. The van der Waals surface area contributed by atoms with Crippen molar-refractivity contribution >= 4 is 5.97 Å². The lowest BCUT2D eigenvalue weighted by Gasteiger charge is -2.10. The van der Waals surface area contributed by atoms with Gasteiger partial charge >= 0.3 is 5.97 Å². The molecule has 10 heavy (non-hydrogen) atoms. The third-order valence-corrected chi connectivity index (χ3v) is 2.87. The second-order valence-corrected chi connectivity index (χ2v) is 3.58. The smallest absolute Gasteiger partial charge is 0.309 e. The van der Waals surface area contributed by atoms with Crippen molar-refractivity contribution in [3.05, 3.63) is 0 Å². The Morgan fingerprint density at radius 3 is 2.30 bits per heavy atom. The maximum atomic E-state index is 10.6. The van der Waals surface area contributed by atoms with E-state index in [-0.39, 0.29) is 5.41 Å². The highest BCUT2D eigenvalue weighted by atomic mass is 16.4. The third kappa shape index (κ3) is 0.669. The van der Waals surface area contributed by atoms with Crippen LogP contribution in [0.2, 0.25) is 0 Å². The van der Waals surface area contributed by atoms with Crippen molar-refractivity contribution in [2.24, 2.45) is 16.6 Å². The van der Waals surface area contributed by atoms with Crippen molar-refractivity contribution in [3.63, 3.8) is 0 Å². The molecule has 58 valence electrons. The average Bonchev–Trinajstić information content (AvgIpc) is 2.39. The lowest BCUT2D eigenvalue weighted by molar-refractivity contribution is -0.144. The van der Waals surface area contributed by atoms with Gasteiger partial charge < -0.3 is 10.8 Å². The minimum atomic E-state index is -0.722. The van der Waals surface area contributed by atoms with E-state index in [4.69, 9.17) is 10.8 Å². The predicted octanol–water partition coefficient (Wildman–Crippen LogP) is 0.446. The minimum Gasteiger partial charge on any atom is -0.481 e. The molecular formula is C7H13NO2. The SMILES string of the molecule is C[C@@]1(CN)C[C@]1(C)C(=O)O. The Hall–Kier alpha value is -0.570. The molecule has 0 bridgehead atoms. The van der Waals surface area contributed by atoms with Crippen LogP contribution in [0.25, 0.3) is 0 Å². The summed E-state index contributed by atoms with van der Waals surface area (Å²) in [6, 6.07) is 0. The molecule has 0 spiro atoms. The molecule has 0 aromatic carbocycles. The molecule has 0 heterocycles. The molecule has 2 atom stereocenters. The summed E-state index contributed by atoms with van der Waals surface area (Å²) in [4.78, 5) is 10.6. The van der Waals surface area contributed by atoms with Gasteiger partial charge in [-0.15, -0.1) is 0 Å². The molecule has 0 amide bonds. The van der Waals surface area contributed by atoms with Gasteiger partial charge in [0.25, 0.3) is 0 Å². The molecule has 1 rings (SSSR count). The molecule has 0 aromatic rings. The van der Waals surface area contributed by atoms with Gasteiger partial charge in [0.1, 0.15) is 0 Å². The first-order valence-electron chi connectivity index (χ1n) is 3.40. The minimum absolute atomic E-state index is 0.154. The van der Waals surface area contributed by atoms with Crippen LogP contribution in [-0.4, -0.2) is 17.6 Å². The van der Waals surface area contributed by atoms with Crippen molar-refractivity contribution in [2.45, 2.75) is 20.3 Å². The second-order valence-electron chi connectivity index (χ2n) is 3.58. The number of nitrogens with two attached hydrogens (primary N) is 1. The van der Waals surface area contributed by atoms with E-state index in [1.165, 1.54) is 0 Å². The summed E-state index contributed by atoms with van der Waals surface area (Å²) in [5.74, 6) is -0.722.